The van der Waals surface area contributed by atoms with E-state index in [2.05, 4.69) is 15.5 Å². The molecule has 0 amide bonds. The Morgan fingerprint density at radius 3 is 3.00 bits per heavy atom. The van der Waals surface area contributed by atoms with Gasteiger partial charge < -0.3 is 15.2 Å². The average Bonchev–Trinajstić information content (AvgIpc) is 3.19. The minimum atomic E-state index is 0.208. The Morgan fingerprint density at radius 1 is 1.30 bits per heavy atom. The third-order valence-corrected chi connectivity index (χ3v) is 4.13. The predicted molar refractivity (Wildman–Crippen MR) is 87.7 cm³/mol. The molecule has 118 valence electrons. The molecule has 3 aromatic rings. The van der Waals surface area contributed by atoms with Gasteiger partial charge in [0.05, 0.1) is 23.7 Å². The van der Waals surface area contributed by atoms with Crippen LogP contribution in [-0.2, 0) is 4.74 Å². The van der Waals surface area contributed by atoms with Crippen molar-refractivity contribution < 1.29 is 9.84 Å². The number of aromatic hydroxyl groups is 1. The van der Waals surface area contributed by atoms with E-state index in [4.69, 9.17) is 4.74 Å². The molecule has 1 atom stereocenters. The Bertz CT molecular complexity index is 853. The molecule has 1 saturated heterocycles. The second-order valence-electron chi connectivity index (χ2n) is 5.86. The van der Waals surface area contributed by atoms with Crippen LogP contribution >= 0.6 is 0 Å². The summed E-state index contributed by atoms with van der Waals surface area (Å²) < 4.78 is 7.33. The first-order chi connectivity index (χ1) is 11.2. The lowest BCUT2D eigenvalue weighted by atomic mass is 10.1. The van der Waals surface area contributed by atoms with Gasteiger partial charge in [-0.25, -0.2) is 0 Å². The molecule has 2 aromatic heterocycles. The summed E-state index contributed by atoms with van der Waals surface area (Å²) in [5, 5.41) is 22.3. The third-order valence-electron chi connectivity index (χ3n) is 4.13. The summed E-state index contributed by atoms with van der Waals surface area (Å²) in [5.41, 5.74) is 2.60. The van der Waals surface area contributed by atoms with Crippen LogP contribution in [0.4, 0.5) is 5.82 Å². The number of hydrogen-bond donors (Lipinski definition) is 2. The molecular weight excluding hydrogens is 292 g/mol. The summed E-state index contributed by atoms with van der Waals surface area (Å²) in [4.78, 5) is 0. The molecule has 1 fully saturated rings. The number of hydrogen-bond acceptors (Lipinski definition) is 5. The molecule has 0 radical (unpaired) electrons. The van der Waals surface area contributed by atoms with E-state index in [0.29, 0.717) is 18.0 Å². The van der Waals surface area contributed by atoms with Gasteiger partial charge in [-0.05, 0) is 43.2 Å². The molecule has 6 nitrogen and oxygen atoms in total. The first kappa shape index (κ1) is 14.0. The second-order valence-corrected chi connectivity index (χ2v) is 5.86. The van der Waals surface area contributed by atoms with E-state index in [1.807, 2.05) is 41.8 Å². The highest BCUT2D eigenvalue weighted by molar-refractivity contribution is 5.74. The van der Waals surface area contributed by atoms with E-state index in [0.717, 1.165) is 29.9 Å². The molecule has 1 aromatic carbocycles. The predicted octanol–water partition coefficient (Wildman–Crippen LogP) is 2.61. The minimum Gasteiger partial charge on any atom is -0.507 e. The van der Waals surface area contributed by atoms with Crippen LogP contribution in [0.3, 0.4) is 0 Å². The largest absolute Gasteiger partial charge is 0.507 e. The van der Waals surface area contributed by atoms with E-state index >= 15 is 0 Å². The van der Waals surface area contributed by atoms with E-state index in [-0.39, 0.29) is 11.8 Å². The first-order valence-electron chi connectivity index (χ1n) is 7.70. The van der Waals surface area contributed by atoms with Gasteiger partial charge >= 0.3 is 0 Å². The fourth-order valence-electron chi connectivity index (χ4n) is 2.91. The number of anilines is 1. The lowest BCUT2D eigenvalue weighted by Crippen LogP contribution is -2.20. The minimum absolute atomic E-state index is 0.208. The normalized spacial score (nSPS) is 17.7. The Hall–Kier alpha value is -2.60. The van der Waals surface area contributed by atoms with Gasteiger partial charge in [0, 0.05) is 12.8 Å². The zero-order valence-corrected chi connectivity index (χ0v) is 12.9. The summed E-state index contributed by atoms with van der Waals surface area (Å²) in [6.07, 6.45) is 2.89. The van der Waals surface area contributed by atoms with Crippen molar-refractivity contribution in [3.8, 4) is 17.1 Å². The Labute approximate surface area is 133 Å². The van der Waals surface area contributed by atoms with Crippen molar-refractivity contribution in [2.75, 3.05) is 18.5 Å². The maximum Gasteiger partial charge on any atom is 0.173 e. The maximum atomic E-state index is 10.2. The van der Waals surface area contributed by atoms with Gasteiger partial charge in [0.1, 0.15) is 5.75 Å². The van der Waals surface area contributed by atoms with Gasteiger partial charge in [-0.15, -0.1) is 10.2 Å². The van der Waals surface area contributed by atoms with Gasteiger partial charge in [-0.2, -0.15) is 0 Å². The quantitative estimate of drug-likeness (QED) is 0.778. The van der Waals surface area contributed by atoms with E-state index < -0.39 is 0 Å². The molecule has 0 spiro atoms. The van der Waals surface area contributed by atoms with Crippen LogP contribution in [0.15, 0.2) is 36.5 Å². The first-order valence-corrected chi connectivity index (χ1v) is 7.70. The zero-order valence-electron chi connectivity index (χ0n) is 12.9. The number of fused-ring (bicyclic) bond motifs is 1. The summed E-state index contributed by atoms with van der Waals surface area (Å²) in [5.74, 6) is 1.57. The molecule has 0 bridgehead atoms. The highest BCUT2D eigenvalue weighted by atomic mass is 16.5. The van der Waals surface area contributed by atoms with Crippen molar-refractivity contribution in [2.45, 2.75) is 19.4 Å². The fourth-order valence-corrected chi connectivity index (χ4v) is 2.91. The van der Waals surface area contributed by atoms with Crippen molar-refractivity contribution in [2.24, 2.45) is 0 Å². The van der Waals surface area contributed by atoms with Gasteiger partial charge in [0.15, 0.2) is 11.6 Å². The number of benzene rings is 1. The second kappa shape index (κ2) is 5.55. The van der Waals surface area contributed by atoms with Crippen molar-refractivity contribution in [1.29, 1.82) is 0 Å². The van der Waals surface area contributed by atoms with Crippen LogP contribution in [0.1, 0.15) is 12.0 Å². The lowest BCUT2D eigenvalue weighted by Gasteiger charge is -2.14. The number of phenols is 1. The summed E-state index contributed by atoms with van der Waals surface area (Å²) in [7, 11) is 0. The molecule has 1 aliphatic rings. The number of nitrogens with zero attached hydrogens (tertiary/aromatic N) is 3. The zero-order chi connectivity index (χ0) is 15.8. The molecule has 0 saturated carbocycles. The highest BCUT2D eigenvalue weighted by Crippen LogP contribution is 2.30. The third kappa shape index (κ3) is 2.51. The molecular formula is C17H18N4O2. The van der Waals surface area contributed by atoms with Crippen LogP contribution in [0.5, 0.6) is 5.75 Å². The molecule has 0 unspecified atom stereocenters. The topological polar surface area (TPSA) is 71.7 Å². The number of phenolic OH excluding ortho intramolecular Hbond substituents is 1. The van der Waals surface area contributed by atoms with E-state index in [9.17, 15) is 5.11 Å². The van der Waals surface area contributed by atoms with E-state index in [1.165, 1.54) is 0 Å². The smallest absolute Gasteiger partial charge is 0.173 e. The molecule has 1 aliphatic heterocycles. The van der Waals surface area contributed by atoms with Gasteiger partial charge in [0.25, 0.3) is 0 Å². The standard InChI is InChI=1S/C17H18N4O2/c1-11-4-5-13(15(22)9-11)17-20-19-16(14-3-2-7-21(14)17)18-12-6-8-23-10-12/h2-5,7,9,12,22H,6,8,10H2,1H3,(H,18,19)/t12-/m0/s1. The van der Waals surface area contributed by atoms with Crippen LogP contribution in [0, 0.1) is 6.92 Å². The molecule has 0 aliphatic carbocycles. The summed E-state index contributed by atoms with van der Waals surface area (Å²) in [6.45, 7) is 3.41. The lowest BCUT2D eigenvalue weighted by molar-refractivity contribution is 0.195. The molecule has 6 heteroatoms. The van der Waals surface area contributed by atoms with Crippen molar-refractivity contribution in [3.63, 3.8) is 0 Å². The van der Waals surface area contributed by atoms with Crippen LogP contribution in [-0.4, -0.2) is 39.0 Å². The molecule has 23 heavy (non-hydrogen) atoms. The Morgan fingerprint density at radius 2 is 2.22 bits per heavy atom. The molecule has 3 heterocycles. The Balaban J connectivity index is 1.78. The number of ether oxygens (including phenoxy) is 1. The fraction of sp³-hybridized carbons (Fsp3) is 0.294. The van der Waals surface area contributed by atoms with Crippen LogP contribution < -0.4 is 5.32 Å². The van der Waals surface area contributed by atoms with Gasteiger partial charge in [0.2, 0.25) is 0 Å². The SMILES string of the molecule is Cc1ccc(-c2nnc(N[C@H]3CCOC3)c3cccn23)c(O)c1. The number of aromatic nitrogens is 3. The number of rotatable bonds is 3. The number of aryl methyl sites for hydroxylation is 1. The summed E-state index contributed by atoms with van der Waals surface area (Å²) >= 11 is 0. The maximum absolute atomic E-state index is 10.2. The molecule has 4 rings (SSSR count). The van der Waals surface area contributed by atoms with Gasteiger partial charge in [-0.3, -0.25) is 4.40 Å². The summed E-state index contributed by atoms with van der Waals surface area (Å²) in [6, 6.07) is 9.75. The van der Waals surface area contributed by atoms with E-state index in [1.54, 1.807) is 6.07 Å². The number of nitrogens with one attached hydrogen (secondary N) is 1. The van der Waals surface area contributed by atoms with Gasteiger partial charge in [-0.1, -0.05) is 6.07 Å². The van der Waals surface area contributed by atoms with Crippen molar-refractivity contribution in [3.05, 3.63) is 42.1 Å². The average molecular weight is 310 g/mol. The van der Waals surface area contributed by atoms with Crippen molar-refractivity contribution in [1.82, 2.24) is 14.6 Å². The highest BCUT2D eigenvalue weighted by Gasteiger charge is 2.19. The molecule has 2 N–H and O–H groups in total. The Kier molecular flexibility index (Phi) is 3.38. The monoisotopic (exact) mass is 310 g/mol. The van der Waals surface area contributed by atoms with Crippen LogP contribution in [0.25, 0.3) is 16.9 Å². The van der Waals surface area contributed by atoms with Crippen molar-refractivity contribution >= 4 is 11.3 Å². The van der Waals surface area contributed by atoms with Crippen LogP contribution in [0.2, 0.25) is 0 Å².